The Morgan fingerprint density at radius 1 is 1.37 bits per heavy atom. The standard InChI is InChI=1S/C13H17ClN2O2S/c1-10-5-3-6-11-13(10)16(12(9-14)15-11)7-4-8-19(2,17)18/h3,5-6H,4,7-9H2,1-2H3. The molecule has 0 unspecified atom stereocenters. The second-order valence-corrected chi connectivity index (χ2v) is 7.27. The molecule has 1 aromatic carbocycles. The lowest BCUT2D eigenvalue weighted by Gasteiger charge is -2.08. The Hall–Kier alpha value is -1.07. The van der Waals surface area contributed by atoms with Crippen molar-refractivity contribution in [2.45, 2.75) is 25.8 Å². The Bertz CT molecular complexity index is 692. The number of hydrogen-bond acceptors (Lipinski definition) is 3. The van der Waals surface area contributed by atoms with E-state index in [0.717, 1.165) is 22.4 Å². The summed E-state index contributed by atoms with van der Waals surface area (Å²) in [5, 5.41) is 0. The molecule has 0 fully saturated rings. The van der Waals surface area contributed by atoms with Gasteiger partial charge < -0.3 is 4.57 Å². The first kappa shape index (κ1) is 14.3. The molecule has 0 amide bonds. The number of aromatic nitrogens is 2. The number of sulfone groups is 1. The fourth-order valence-corrected chi connectivity index (χ4v) is 3.10. The van der Waals surface area contributed by atoms with E-state index in [2.05, 4.69) is 4.98 Å². The number of imidazole rings is 1. The van der Waals surface area contributed by atoms with Gasteiger partial charge in [-0.25, -0.2) is 13.4 Å². The highest BCUT2D eigenvalue weighted by atomic mass is 35.5. The molecule has 19 heavy (non-hydrogen) atoms. The van der Waals surface area contributed by atoms with Crippen LogP contribution in [-0.4, -0.2) is 30.0 Å². The third-order valence-electron chi connectivity index (χ3n) is 3.06. The van der Waals surface area contributed by atoms with Crippen molar-refractivity contribution in [2.24, 2.45) is 0 Å². The number of aryl methyl sites for hydroxylation is 2. The van der Waals surface area contributed by atoms with Crippen LogP contribution in [0.4, 0.5) is 0 Å². The second kappa shape index (κ2) is 5.51. The van der Waals surface area contributed by atoms with E-state index in [1.807, 2.05) is 29.7 Å². The zero-order valence-electron chi connectivity index (χ0n) is 11.1. The molecule has 4 nitrogen and oxygen atoms in total. The van der Waals surface area contributed by atoms with Crippen molar-refractivity contribution in [3.8, 4) is 0 Å². The van der Waals surface area contributed by atoms with E-state index in [1.54, 1.807) is 0 Å². The summed E-state index contributed by atoms with van der Waals surface area (Å²) in [6, 6.07) is 5.93. The van der Waals surface area contributed by atoms with E-state index in [9.17, 15) is 8.42 Å². The fraction of sp³-hybridized carbons (Fsp3) is 0.462. The summed E-state index contributed by atoms with van der Waals surface area (Å²) in [4.78, 5) is 4.49. The van der Waals surface area contributed by atoms with Crippen LogP contribution in [0.15, 0.2) is 18.2 Å². The Kier molecular flexibility index (Phi) is 4.16. The van der Waals surface area contributed by atoms with Crippen molar-refractivity contribution in [1.29, 1.82) is 0 Å². The van der Waals surface area contributed by atoms with Gasteiger partial charge in [-0.2, -0.15) is 0 Å². The van der Waals surface area contributed by atoms with E-state index in [-0.39, 0.29) is 5.75 Å². The maximum Gasteiger partial charge on any atom is 0.147 e. The minimum atomic E-state index is -2.93. The Morgan fingerprint density at radius 3 is 2.74 bits per heavy atom. The van der Waals surface area contributed by atoms with E-state index in [0.29, 0.717) is 18.8 Å². The molecule has 0 atom stereocenters. The number of hydrogen-bond donors (Lipinski definition) is 0. The van der Waals surface area contributed by atoms with Gasteiger partial charge in [0, 0.05) is 12.8 Å². The van der Waals surface area contributed by atoms with Crippen LogP contribution in [0.2, 0.25) is 0 Å². The average Bonchev–Trinajstić information content (AvgIpc) is 2.67. The van der Waals surface area contributed by atoms with Gasteiger partial charge in [-0.3, -0.25) is 0 Å². The normalized spacial score (nSPS) is 12.2. The fourth-order valence-electron chi connectivity index (χ4n) is 2.24. The van der Waals surface area contributed by atoms with Crippen LogP contribution in [-0.2, 0) is 22.3 Å². The summed E-state index contributed by atoms with van der Waals surface area (Å²) in [6.07, 6.45) is 1.83. The molecule has 0 N–H and O–H groups in total. The molecule has 2 rings (SSSR count). The summed E-state index contributed by atoms with van der Waals surface area (Å²) in [5.41, 5.74) is 3.09. The summed E-state index contributed by atoms with van der Waals surface area (Å²) in [6.45, 7) is 2.64. The number of halogens is 1. The number of rotatable bonds is 5. The first-order valence-electron chi connectivity index (χ1n) is 6.11. The highest BCUT2D eigenvalue weighted by Gasteiger charge is 2.12. The van der Waals surface area contributed by atoms with Crippen molar-refractivity contribution >= 4 is 32.5 Å². The van der Waals surface area contributed by atoms with Crippen LogP contribution in [0.3, 0.4) is 0 Å². The van der Waals surface area contributed by atoms with Crippen LogP contribution in [0.25, 0.3) is 11.0 Å². The molecular formula is C13H17ClN2O2S. The third kappa shape index (κ3) is 3.28. The van der Waals surface area contributed by atoms with Crippen LogP contribution in [0.1, 0.15) is 17.8 Å². The summed E-state index contributed by atoms with van der Waals surface area (Å²) < 4.78 is 24.4. The lowest BCUT2D eigenvalue weighted by Crippen LogP contribution is -2.09. The van der Waals surface area contributed by atoms with Crippen molar-refractivity contribution in [3.63, 3.8) is 0 Å². The number of benzene rings is 1. The Morgan fingerprint density at radius 2 is 2.11 bits per heavy atom. The topological polar surface area (TPSA) is 52.0 Å². The highest BCUT2D eigenvalue weighted by molar-refractivity contribution is 7.90. The maximum absolute atomic E-state index is 11.2. The first-order valence-corrected chi connectivity index (χ1v) is 8.70. The predicted molar refractivity (Wildman–Crippen MR) is 78.4 cm³/mol. The monoisotopic (exact) mass is 300 g/mol. The van der Waals surface area contributed by atoms with Crippen molar-refractivity contribution in [1.82, 2.24) is 9.55 Å². The number of para-hydroxylation sites is 1. The van der Waals surface area contributed by atoms with Crippen LogP contribution in [0, 0.1) is 6.92 Å². The molecule has 6 heteroatoms. The minimum absolute atomic E-state index is 0.181. The smallest absolute Gasteiger partial charge is 0.147 e. The highest BCUT2D eigenvalue weighted by Crippen LogP contribution is 2.21. The first-order chi connectivity index (χ1) is 8.92. The average molecular weight is 301 g/mol. The van der Waals surface area contributed by atoms with E-state index >= 15 is 0 Å². The van der Waals surface area contributed by atoms with E-state index in [4.69, 9.17) is 11.6 Å². The molecule has 2 aromatic rings. The molecule has 0 aliphatic heterocycles. The van der Waals surface area contributed by atoms with Crippen LogP contribution in [0.5, 0.6) is 0 Å². The Labute approximate surface area is 118 Å². The number of alkyl halides is 1. The number of nitrogens with zero attached hydrogens (tertiary/aromatic N) is 2. The van der Waals surface area contributed by atoms with E-state index < -0.39 is 9.84 Å². The van der Waals surface area contributed by atoms with Crippen molar-refractivity contribution < 1.29 is 8.42 Å². The molecular weight excluding hydrogens is 284 g/mol. The maximum atomic E-state index is 11.2. The molecule has 0 aliphatic rings. The van der Waals surface area contributed by atoms with Gasteiger partial charge >= 0.3 is 0 Å². The molecule has 1 heterocycles. The number of fused-ring (bicyclic) bond motifs is 1. The van der Waals surface area contributed by atoms with Gasteiger partial charge in [0.2, 0.25) is 0 Å². The van der Waals surface area contributed by atoms with Crippen LogP contribution >= 0.6 is 11.6 Å². The third-order valence-corrected chi connectivity index (χ3v) is 4.33. The summed E-state index contributed by atoms with van der Waals surface area (Å²) >= 11 is 5.92. The van der Waals surface area contributed by atoms with Crippen LogP contribution < -0.4 is 0 Å². The molecule has 0 aliphatic carbocycles. The molecule has 0 saturated heterocycles. The van der Waals surface area contributed by atoms with Crippen molar-refractivity contribution in [3.05, 3.63) is 29.6 Å². The molecule has 0 saturated carbocycles. The van der Waals surface area contributed by atoms with Gasteiger partial charge in [0.25, 0.3) is 0 Å². The quantitative estimate of drug-likeness (QED) is 0.797. The minimum Gasteiger partial charge on any atom is -0.327 e. The molecule has 0 bridgehead atoms. The SMILES string of the molecule is Cc1cccc2nc(CCl)n(CCCS(C)(=O)=O)c12. The summed E-state index contributed by atoms with van der Waals surface area (Å²) in [7, 11) is -2.93. The molecule has 104 valence electrons. The van der Waals surface area contributed by atoms with Gasteiger partial charge in [-0.05, 0) is 25.0 Å². The van der Waals surface area contributed by atoms with Gasteiger partial charge in [0.1, 0.15) is 15.7 Å². The molecule has 0 spiro atoms. The lowest BCUT2D eigenvalue weighted by atomic mass is 10.2. The van der Waals surface area contributed by atoms with Gasteiger partial charge in [-0.1, -0.05) is 12.1 Å². The Balaban J connectivity index is 2.35. The van der Waals surface area contributed by atoms with Crippen molar-refractivity contribution in [2.75, 3.05) is 12.0 Å². The van der Waals surface area contributed by atoms with Gasteiger partial charge in [0.15, 0.2) is 0 Å². The van der Waals surface area contributed by atoms with Gasteiger partial charge in [-0.15, -0.1) is 11.6 Å². The lowest BCUT2D eigenvalue weighted by molar-refractivity contribution is 0.591. The molecule has 1 aromatic heterocycles. The second-order valence-electron chi connectivity index (χ2n) is 4.74. The zero-order chi connectivity index (χ0) is 14.0. The zero-order valence-corrected chi connectivity index (χ0v) is 12.6. The van der Waals surface area contributed by atoms with E-state index in [1.165, 1.54) is 6.26 Å². The summed E-state index contributed by atoms with van der Waals surface area (Å²) in [5.74, 6) is 1.30. The van der Waals surface area contributed by atoms with Gasteiger partial charge in [0.05, 0.1) is 22.7 Å². The largest absolute Gasteiger partial charge is 0.327 e. The predicted octanol–water partition coefficient (Wildman–Crippen LogP) is 2.52. The molecule has 0 radical (unpaired) electrons.